The van der Waals surface area contributed by atoms with Gasteiger partial charge in [-0.05, 0) is 30.7 Å². The minimum Gasteiger partial charge on any atom is -0.290 e. The number of benzene rings is 1. The number of hydrogen-bond acceptors (Lipinski definition) is 4. The van der Waals surface area contributed by atoms with E-state index < -0.39 is 0 Å². The number of nitrogens with one attached hydrogen (secondary N) is 1. The molecule has 0 aliphatic rings. The molecule has 0 spiro atoms. The van der Waals surface area contributed by atoms with Crippen molar-refractivity contribution >= 4 is 23.3 Å². The number of rotatable bonds is 5. The highest BCUT2D eigenvalue weighted by molar-refractivity contribution is 7.15. The van der Waals surface area contributed by atoms with Crippen molar-refractivity contribution in [2.45, 2.75) is 6.92 Å². The van der Waals surface area contributed by atoms with Gasteiger partial charge in [0.05, 0.1) is 4.88 Å². The van der Waals surface area contributed by atoms with Crippen molar-refractivity contribution < 1.29 is 4.79 Å². The fourth-order valence-electron chi connectivity index (χ4n) is 2.02. The van der Waals surface area contributed by atoms with Crippen molar-refractivity contribution in [3.8, 4) is 10.6 Å². The van der Waals surface area contributed by atoms with Crippen LogP contribution in [0.25, 0.3) is 10.6 Å². The van der Waals surface area contributed by atoms with Crippen molar-refractivity contribution in [1.82, 2.24) is 10.2 Å². The summed E-state index contributed by atoms with van der Waals surface area (Å²) in [6.07, 6.45) is 1.71. The predicted molar refractivity (Wildman–Crippen MR) is 89.9 cm³/mol. The van der Waals surface area contributed by atoms with E-state index in [2.05, 4.69) is 15.2 Å². The maximum absolute atomic E-state index is 12.1. The van der Waals surface area contributed by atoms with Crippen LogP contribution >= 0.6 is 11.3 Å². The number of aromatic amines is 1. The number of aromatic nitrogens is 2. The molecule has 5 heteroatoms. The Morgan fingerprint density at radius 2 is 2.09 bits per heavy atom. The van der Waals surface area contributed by atoms with Crippen LogP contribution in [0.1, 0.15) is 20.9 Å². The van der Waals surface area contributed by atoms with E-state index in [-0.39, 0.29) is 12.3 Å². The second kappa shape index (κ2) is 6.49. The van der Waals surface area contributed by atoms with Crippen LogP contribution in [0.2, 0.25) is 0 Å². The predicted octanol–water partition coefficient (Wildman–Crippen LogP) is 3.75. The fraction of sp³-hybridized carbons (Fsp3) is 0.118. The molecule has 0 fully saturated rings. The molecule has 0 atom stereocenters. The molecule has 3 rings (SSSR count). The van der Waals surface area contributed by atoms with E-state index in [9.17, 15) is 4.79 Å². The summed E-state index contributed by atoms with van der Waals surface area (Å²) in [5.74, 6) is -0.0702. The Morgan fingerprint density at radius 1 is 1.27 bits per heavy atom. The Balaban J connectivity index is 1.66. The molecule has 2 aromatic heterocycles. The minimum absolute atomic E-state index is 0.0702. The van der Waals surface area contributed by atoms with Gasteiger partial charge in [-0.15, -0.1) is 11.3 Å². The number of carbonyl (C=O) groups excluding carboxylic acids is 1. The molecule has 0 amide bonds. The van der Waals surface area contributed by atoms with Crippen LogP contribution in [0.5, 0.6) is 0 Å². The number of carbonyl (C=O) groups is 1. The zero-order valence-corrected chi connectivity index (χ0v) is 12.9. The van der Waals surface area contributed by atoms with Crippen molar-refractivity contribution in [3.05, 3.63) is 64.7 Å². The molecule has 0 aliphatic carbocycles. The molecule has 110 valence electrons. The third-order valence-electron chi connectivity index (χ3n) is 3.15. The first-order chi connectivity index (χ1) is 10.7. The van der Waals surface area contributed by atoms with Gasteiger partial charge < -0.3 is 0 Å². The summed E-state index contributed by atoms with van der Waals surface area (Å²) in [4.78, 5) is 18.6. The number of hydrogen-bond donors (Lipinski definition) is 1. The van der Waals surface area contributed by atoms with E-state index in [1.807, 2.05) is 49.4 Å². The number of ketones is 1. The molecule has 0 saturated heterocycles. The second-order valence-corrected chi connectivity index (χ2v) is 6.17. The van der Waals surface area contributed by atoms with Crippen LogP contribution in [0.4, 0.5) is 0 Å². The summed E-state index contributed by atoms with van der Waals surface area (Å²) in [6.45, 7) is 2.16. The van der Waals surface area contributed by atoms with Gasteiger partial charge in [-0.2, -0.15) is 5.10 Å². The van der Waals surface area contributed by atoms with Gasteiger partial charge in [-0.3, -0.25) is 14.9 Å². The van der Waals surface area contributed by atoms with Crippen LogP contribution in [0.3, 0.4) is 0 Å². The average Bonchev–Trinajstić information content (AvgIpc) is 3.17. The molecule has 22 heavy (non-hydrogen) atoms. The number of thiophene rings is 1. The van der Waals surface area contributed by atoms with Gasteiger partial charge in [-0.1, -0.05) is 30.3 Å². The molecule has 0 radical (unpaired) electrons. The normalized spacial score (nSPS) is 11.1. The van der Waals surface area contributed by atoms with E-state index in [4.69, 9.17) is 0 Å². The Hall–Kier alpha value is -2.53. The summed E-state index contributed by atoms with van der Waals surface area (Å²) < 4.78 is 0. The van der Waals surface area contributed by atoms with E-state index in [0.29, 0.717) is 5.69 Å². The van der Waals surface area contributed by atoms with Crippen LogP contribution < -0.4 is 0 Å². The third-order valence-corrected chi connectivity index (χ3v) is 4.17. The highest BCUT2D eigenvalue weighted by atomic mass is 32.1. The van der Waals surface area contributed by atoms with E-state index in [1.165, 1.54) is 4.88 Å². The summed E-state index contributed by atoms with van der Waals surface area (Å²) in [5.41, 5.74) is 2.27. The Kier molecular flexibility index (Phi) is 4.25. The standard InChI is InChI=1S/C17H15N3OS/c1-12-7-8-17(22-12)15-9-14(19-20-15)16(21)11-18-10-13-5-3-2-4-6-13/h2-10H,11H2,1H3,(H,19,20)/b18-10+. The lowest BCUT2D eigenvalue weighted by Gasteiger charge is -1.93. The van der Waals surface area contributed by atoms with Crippen LogP contribution in [0, 0.1) is 6.92 Å². The molecule has 0 aliphatic heterocycles. The third kappa shape index (κ3) is 3.38. The van der Waals surface area contributed by atoms with Crippen LogP contribution in [-0.2, 0) is 0 Å². The lowest BCUT2D eigenvalue weighted by Crippen LogP contribution is -2.04. The molecule has 4 nitrogen and oxygen atoms in total. The van der Waals surface area contributed by atoms with E-state index in [0.717, 1.165) is 16.1 Å². The topological polar surface area (TPSA) is 58.1 Å². The highest BCUT2D eigenvalue weighted by Crippen LogP contribution is 2.26. The summed E-state index contributed by atoms with van der Waals surface area (Å²) >= 11 is 1.66. The maximum Gasteiger partial charge on any atom is 0.201 e. The Morgan fingerprint density at radius 3 is 2.82 bits per heavy atom. The second-order valence-electron chi connectivity index (χ2n) is 4.88. The summed E-state index contributed by atoms with van der Waals surface area (Å²) in [6, 6.07) is 15.5. The van der Waals surface area contributed by atoms with Crippen LogP contribution in [0.15, 0.2) is 53.5 Å². The van der Waals surface area contributed by atoms with Gasteiger partial charge in [-0.25, -0.2) is 0 Å². The lowest BCUT2D eigenvalue weighted by atomic mass is 10.2. The SMILES string of the molecule is Cc1ccc(-c2cc(C(=O)C/N=C/c3ccccc3)[nH]n2)s1. The van der Waals surface area contributed by atoms with E-state index >= 15 is 0 Å². The first-order valence-corrected chi connectivity index (χ1v) is 7.74. The van der Waals surface area contributed by atoms with Gasteiger partial charge in [0.25, 0.3) is 0 Å². The first-order valence-electron chi connectivity index (χ1n) is 6.92. The van der Waals surface area contributed by atoms with Gasteiger partial charge >= 0.3 is 0 Å². The van der Waals surface area contributed by atoms with E-state index in [1.54, 1.807) is 23.6 Å². The lowest BCUT2D eigenvalue weighted by molar-refractivity contribution is 0.0997. The smallest absolute Gasteiger partial charge is 0.201 e. The molecular weight excluding hydrogens is 294 g/mol. The molecule has 0 saturated carbocycles. The number of aliphatic imine (C=N–C) groups is 1. The molecule has 1 aromatic carbocycles. The highest BCUT2D eigenvalue weighted by Gasteiger charge is 2.11. The van der Waals surface area contributed by atoms with Crippen molar-refractivity contribution in [1.29, 1.82) is 0 Å². The van der Waals surface area contributed by atoms with Crippen LogP contribution in [-0.4, -0.2) is 28.7 Å². The fourth-order valence-corrected chi connectivity index (χ4v) is 2.85. The van der Waals surface area contributed by atoms with Crippen molar-refractivity contribution in [2.75, 3.05) is 6.54 Å². The summed E-state index contributed by atoms with van der Waals surface area (Å²) in [7, 11) is 0. The zero-order valence-electron chi connectivity index (χ0n) is 12.1. The zero-order chi connectivity index (χ0) is 15.4. The van der Waals surface area contributed by atoms with Gasteiger partial charge in [0, 0.05) is 11.1 Å². The number of H-pyrrole nitrogens is 1. The number of Topliss-reactive ketones (excluding diaryl/α,β-unsaturated/α-hetero) is 1. The molecule has 1 N–H and O–H groups in total. The van der Waals surface area contributed by atoms with Crippen molar-refractivity contribution in [3.63, 3.8) is 0 Å². The number of aryl methyl sites for hydroxylation is 1. The van der Waals surface area contributed by atoms with Gasteiger partial charge in [0.15, 0.2) is 0 Å². The molecule has 0 unspecified atom stereocenters. The maximum atomic E-state index is 12.1. The number of nitrogens with zero attached hydrogens (tertiary/aromatic N) is 2. The molecule has 0 bridgehead atoms. The molecular formula is C17H15N3OS. The first kappa shape index (κ1) is 14.4. The monoisotopic (exact) mass is 309 g/mol. The van der Waals surface area contributed by atoms with Crippen molar-refractivity contribution in [2.24, 2.45) is 4.99 Å². The molecule has 3 aromatic rings. The van der Waals surface area contributed by atoms with Gasteiger partial charge in [0.1, 0.15) is 17.9 Å². The Bertz CT molecular complexity index is 802. The minimum atomic E-state index is -0.0702. The average molecular weight is 309 g/mol. The quantitative estimate of drug-likeness (QED) is 0.576. The largest absolute Gasteiger partial charge is 0.290 e. The Labute approximate surface area is 132 Å². The van der Waals surface area contributed by atoms with Gasteiger partial charge in [0.2, 0.25) is 5.78 Å². The summed E-state index contributed by atoms with van der Waals surface area (Å²) in [5, 5.41) is 6.99. The molecule has 2 heterocycles.